The molecule has 0 radical (unpaired) electrons. The number of hydrogen-bond donors (Lipinski definition) is 3. The molecule has 0 saturated carbocycles. The zero-order valence-electron chi connectivity index (χ0n) is 21.4. The molecular formula is C28H32N4O5S. The molecule has 9 nitrogen and oxygen atoms in total. The van der Waals surface area contributed by atoms with Crippen molar-refractivity contribution in [2.45, 2.75) is 43.2 Å². The number of benzene rings is 3. The van der Waals surface area contributed by atoms with Crippen LogP contribution in [0.5, 0.6) is 0 Å². The fraction of sp³-hybridized carbons (Fsp3) is 0.321. The molecule has 1 fully saturated rings. The molecule has 10 heteroatoms. The summed E-state index contributed by atoms with van der Waals surface area (Å²) in [5, 5.41) is 9.38. The molecule has 38 heavy (non-hydrogen) atoms. The minimum absolute atomic E-state index is 0.00549. The van der Waals surface area contributed by atoms with Crippen molar-refractivity contribution in [3.05, 3.63) is 77.9 Å². The van der Waals surface area contributed by atoms with Crippen molar-refractivity contribution in [1.29, 1.82) is 5.41 Å². The molecule has 3 aromatic rings. The number of sulfonamides is 1. The van der Waals surface area contributed by atoms with Gasteiger partial charge in [0.1, 0.15) is 17.9 Å². The highest BCUT2D eigenvalue weighted by atomic mass is 32.2. The Morgan fingerprint density at radius 2 is 1.84 bits per heavy atom. The Labute approximate surface area is 222 Å². The summed E-state index contributed by atoms with van der Waals surface area (Å²) >= 11 is 0. The van der Waals surface area contributed by atoms with Crippen molar-refractivity contribution in [3.8, 4) is 0 Å². The molecule has 200 valence electrons. The number of piperidine rings is 1. The first-order valence-corrected chi connectivity index (χ1v) is 13.9. The monoisotopic (exact) mass is 536 g/mol. The minimum Gasteiger partial charge on any atom is -0.467 e. The molecule has 0 aliphatic carbocycles. The van der Waals surface area contributed by atoms with Crippen molar-refractivity contribution >= 4 is 38.5 Å². The van der Waals surface area contributed by atoms with E-state index in [4.69, 9.17) is 15.9 Å². The van der Waals surface area contributed by atoms with Gasteiger partial charge in [0, 0.05) is 12.1 Å². The van der Waals surface area contributed by atoms with Crippen LogP contribution in [0.15, 0.2) is 71.6 Å². The van der Waals surface area contributed by atoms with Gasteiger partial charge in [0.2, 0.25) is 15.9 Å². The van der Waals surface area contributed by atoms with Gasteiger partial charge in [0.05, 0.1) is 12.0 Å². The number of likely N-dealkylation sites (tertiary alicyclic amines) is 1. The molecule has 0 bridgehead atoms. The van der Waals surface area contributed by atoms with E-state index < -0.39 is 34.0 Å². The first kappa shape index (κ1) is 27.3. The Morgan fingerprint density at radius 3 is 2.55 bits per heavy atom. The van der Waals surface area contributed by atoms with E-state index in [2.05, 4.69) is 4.72 Å². The number of amidine groups is 1. The number of amides is 1. The van der Waals surface area contributed by atoms with Crippen LogP contribution in [-0.2, 0) is 30.8 Å². The Bertz CT molecular complexity index is 1470. The first-order valence-electron chi connectivity index (χ1n) is 12.4. The van der Waals surface area contributed by atoms with Gasteiger partial charge in [-0.3, -0.25) is 10.2 Å². The summed E-state index contributed by atoms with van der Waals surface area (Å²) in [6.07, 6.45) is 1.44. The van der Waals surface area contributed by atoms with Gasteiger partial charge in [-0.2, -0.15) is 4.72 Å². The summed E-state index contributed by atoms with van der Waals surface area (Å²) in [4.78, 5) is 28.0. The van der Waals surface area contributed by atoms with Gasteiger partial charge in [-0.25, -0.2) is 13.2 Å². The molecular weight excluding hydrogens is 504 g/mol. The molecule has 3 atom stereocenters. The first-order chi connectivity index (χ1) is 18.1. The number of methoxy groups -OCH3 is 1. The van der Waals surface area contributed by atoms with E-state index in [0.29, 0.717) is 24.1 Å². The molecule has 0 unspecified atom stereocenters. The van der Waals surface area contributed by atoms with Crippen LogP contribution in [0.1, 0.15) is 30.9 Å². The van der Waals surface area contributed by atoms with Crippen LogP contribution in [0.4, 0.5) is 0 Å². The van der Waals surface area contributed by atoms with Gasteiger partial charge in [0.15, 0.2) is 0 Å². The Morgan fingerprint density at radius 1 is 1.11 bits per heavy atom. The van der Waals surface area contributed by atoms with E-state index in [1.807, 2.05) is 31.2 Å². The Balaban J connectivity index is 1.71. The third-order valence-electron chi connectivity index (χ3n) is 6.96. The third-order valence-corrected chi connectivity index (χ3v) is 8.43. The average Bonchev–Trinajstić information content (AvgIpc) is 2.91. The van der Waals surface area contributed by atoms with Crippen molar-refractivity contribution in [2.24, 2.45) is 11.7 Å². The van der Waals surface area contributed by atoms with Gasteiger partial charge in [0.25, 0.3) is 0 Å². The van der Waals surface area contributed by atoms with E-state index in [1.165, 1.54) is 18.1 Å². The summed E-state index contributed by atoms with van der Waals surface area (Å²) < 4.78 is 34.7. The van der Waals surface area contributed by atoms with Crippen LogP contribution in [0.2, 0.25) is 0 Å². The number of carbonyl (C=O) groups is 2. The van der Waals surface area contributed by atoms with Crippen LogP contribution in [-0.4, -0.2) is 56.8 Å². The lowest BCUT2D eigenvalue weighted by molar-refractivity contribution is -0.157. The second-order valence-electron chi connectivity index (χ2n) is 9.62. The second kappa shape index (κ2) is 11.3. The van der Waals surface area contributed by atoms with Crippen molar-refractivity contribution in [2.75, 3.05) is 13.7 Å². The molecule has 3 aromatic carbocycles. The number of rotatable bonds is 8. The normalized spacial score (nSPS) is 18.6. The minimum atomic E-state index is -4.12. The topological polar surface area (TPSA) is 143 Å². The lowest BCUT2D eigenvalue weighted by atomic mass is 9.89. The number of nitrogen functional groups attached to an aromatic ring is 1. The van der Waals surface area contributed by atoms with Crippen LogP contribution in [0.25, 0.3) is 10.8 Å². The maximum atomic E-state index is 13.9. The predicted molar refractivity (Wildman–Crippen MR) is 145 cm³/mol. The Kier molecular flexibility index (Phi) is 8.13. The zero-order valence-corrected chi connectivity index (χ0v) is 22.2. The fourth-order valence-electron chi connectivity index (χ4n) is 4.99. The SMILES string of the molecule is COC(=O)[C@H]1[C@@H](C)CCCN1C(=O)[C@H](Cc1cccc(C(=N)N)c1)NS(=O)(=O)c1ccc2ccccc2c1. The summed E-state index contributed by atoms with van der Waals surface area (Å²) in [6.45, 7) is 2.19. The molecule has 4 N–H and O–H groups in total. The summed E-state index contributed by atoms with van der Waals surface area (Å²) in [6, 6.07) is 16.9. The smallest absolute Gasteiger partial charge is 0.328 e. The number of ether oxygens (including phenoxy) is 1. The van der Waals surface area contributed by atoms with E-state index >= 15 is 0 Å². The molecule has 0 aromatic heterocycles. The maximum absolute atomic E-state index is 13.9. The van der Waals surface area contributed by atoms with Gasteiger partial charge in [-0.15, -0.1) is 0 Å². The highest BCUT2D eigenvalue weighted by Crippen LogP contribution is 2.26. The molecule has 0 spiro atoms. The average molecular weight is 537 g/mol. The summed E-state index contributed by atoms with van der Waals surface area (Å²) in [5.74, 6) is -1.31. The predicted octanol–water partition coefficient (Wildman–Crippen LogP) is 2.81. The molecule has 1 aliphatic heterocycles. The van der Waals surface area contributed by atoms with Gasteiger partial charge < -0.3 is 15.4 Å². The van der Waals surface area contributed by atoms with Crippen molar-refractivity contribution in [3.63, 3.8) is 0 Å². The quantitative estimate of drug-likeness (QED) is 0.230. The number of nitrogens with two attached hydrogens (primary N) is 1. The summed E-state index contributed by atoms with van der Waals surface area (Å²) in [5.41, 5.74) is 6.73. The number of esters is 1. The van der Waals surface area contributed by atoms with E-state index in [9.17, 15) is 18.0 Å². The Hall–Kier alpha value is -3.76. The fourth-order valence-corrected chi connectivity index (χ4v) is 6.21. The zero-order chi connectivity index (χ0) is 27.4. The summed E-state index contributed by atoms with van der Waals surface area (Å²) in [7, 11) is -2.84. The highest BCUT2D eigenvalue weighted by molar-refractivity contribution is 7.89. The van der Waals surface area contributed by atoms with Crippen LogP contribution >= 0.6 is 0 Å². The van der Waals surface area contributed by atoms with E-state index in [1.54, 1.807) is 36.4 Å². The molecule has 1 aliphatic rings. The van der Waals surface area contributed by atoms with Crippen molar-refractivity contribution < 1.29 is 22.7 Å². The largest absolute Gasteiger partial charge is 0.467 e. The number of carbonyl (C=O) groups excluding carboxylic acids is 2. The van der Waals surface area contributed by atoms with Gasteiger partial charge >= 0.3 is 5.97 Å². The molecule has 1 saturated heterocycles. The van der Waals surface area contributed by atoms with Crippen LogP contribution in [0, 0.1) is 11.3 Å². The standard InChI is InChI=1S/C28H32N4O5S/c1-18-7-6-14-32(25(18)28(34)37-2)27(33)24(16-19-8-5-11-22(15-19)26(29)30)31-38(35,36)23-13-12-20-9-3-4-10-21(20)17-23/h3-5,8-13,15,17-18,24-25,31H,6-7,14,16H2,1-2H3,(H3,29,30)/t18-,24-,25+/m0/s1. The van der Waals surface area contributed by atoms with Crippen LogP contribution in [0.3, 0.4) is 0 Å². The van der Waals surface area contributed by atoms with Crippen molar-refractivity contribution in [1.82, 2.24) is 9.62 Å². The van der Waals surface area contributed by atoms with E-state index in [-0.39, 0.29) is 23.1 Å². The second-order valence-corrected chi connectivity index (χ2v) is 11.3. The maximum Gasteiger partial charge on any atom is 0.328 e. The van der Waals surface area contributed by atoms with E-state index in [0.717, 1.165) is 17.2 Å². The van der Waals surface area contributed by atoms with Crippen LogP contribution < -0.4 is 10.5 Å². The molecule has 1 heterocycles. The number of fused-ring (bicyclic) bond motifs is 1. The lowest BCUT2D eigenvalue weighted by Crippen LogP contribution is -2.58. The lowest BCUT2D eigenvalue weighted by Gasteiger charge is -2.39. The molecule has 1 amide bonds. The third kappa shape index (κ3) is 5.87. The number of nitrogens with one attached hydrogen (secondary N) is 2. The molecule has 4 rings (SSSR count). The van der Waals surface area contributed by atoms with Gasteiger partial charge in [-0.1, -0.05) is 55.5 Å². The van der Waals surface area contributed by atoms with Gasteiger partial charge in [-0.05, 0) is 59.7 Å². The number of hydrogen-bond acceptors (Lipinski definition) is 6. The highest BCUT2D eigenvalue weighted by Gasteiger charge is 2.41. The number of nitrogens with zero attached hydrogens (tertiary/aromatic N) is 1.